The lowest BCUT2D eigenvalue weighted by molar-refractivity contribution is 0.606. The van der Waals surface area contributed by atoms with E-state index >= 15 is 0 Å². The topological polar surface area (TPSA) is 84.2 Å². The lowest BCUT2D eigenvalue weighted by Gasteiger charge is -2.08. The van der Waals surface area contributed by atoms with Gasteiger partial charge in [-0.1, -0.05) is 12.1 Å². The molecule has 0 fully saturated rings. The zero-order chi connectivity index (χ0) is 16.3. The fraction of sp³-hybridized carbons (Fsp3) is 0.188. The second kappa shape index (κ2) is 6.29. The first kappa shape index (κ1) is 15.4. The van der Waals surface area contributed by atoms with Crippen LogP contribution in [0.4, 0.5) is 11.5 Å². The number of pyridine rings is 1. The first-order valence-corrected chi connectivity index (χ1v) is 9.03. The number of anilines is 2. The summed E-state index contributed by atoms with van der Waals surface area (Å²) in [6.07, 6.45) is 5.29. The zero-order valence-electron chi connectivity index (χ0n) is 12.6. The molecular weight excluding hydrogens is 314 g/mol. The van der Waals surface area contributed by atoms with Gasteiger partial charge in [0.15, 0.2) is 0 Å². The molecule has 0 radical (unpaired) electrons. The summed E-state index contributed by atoms with van der Waals surface area (Å²) in [7, 11) is -3.24. The molecule has 3 aromatic rings. The van der Waals surface area contributed by atoms with Gasteiger partial charge in [0.25, 0.3) is 0 Å². The molecule has 0 unspecified atom stereocenters. The number of hydrogen-bond donors (Lipinski definition) is 2. The van der Waals surface area contributed by atoms with E-state index < -0.39 is 10.0 Å². The average Bonchev–Trinajstić information content (AvgIpc) is 2.97. The average molecular weight is 331 g/mol. The van der Waals surface area contributed by atoms with Gasteiger partial charge in [0.2, 0.25) is 10.0 Å². The van der Waals surface area contributed by atoms with Gasteiger partial charge in [0.05, 0.1) is 17.9 Å². The zero-order valence-corrected chi connectivity index (χ0v) is 13.4. The van der Waals surface area contributed by atoms with Crippen molar-refractivity contribution in [3.63, 3.8) is 0 Å². The molecule has 2 N–H and O–H groups in total. The molecule has 2 aromatic heterocycles. The van der Waals surface area contributed by atoms with Crippen LogP contribution in [0, 0.1) is 0 Å². The van der Waals surface area contributed by atoms with Crippen LogP contribution in [0.5, 0.6) is 0 Å². The molecule has 2 heterocycles. The number of aromatic nitrogens is 1. The largest absolute Gasteiger partial charge is 0.464 e. The van der Waals surface area contributed by atoms with Crippen LogP contribution in [0.1, 0.15) is 5.56 Å². The van der Waals surface area contributed by atoms with Crippen molar-refractivity contribution in [1.29, 1.82) is 0 Å². The van der Waals surface area contributed by atoms with E-state index in [0.29, 0.717) is 5.69 Å². The predicted octanol–water partition coefficient (Wildman–Crippen LogP) is 2.85. The van der Waals surface area contributed by atoms with Gasteiger partial charge in [-0.05, 0) is 36.2 Å². The number of furan rings is 1. The quantitative estimate of drug-likeness (QED) is 0.725. The molecular formula is C16H17N3O3S. The SMILES string of the molecule is CS(=O)(=O)Nc1ccc(CCNc2nccc3occc23)cc1. The maximum absolute atomic E-state index is 11.2. The van der Waals surface area contributed by atoms with Crippen molar-refractivity contribution < 1.29 is 12.8 Å². The maximum Gasteiger partial charge on any atom is 0.229 e. The summed E-state index contributed by atoms with van der Waals surface area (Å²) in [5, 5.41) is 4.25. The van der Waals surface area contributed by atoms with Gasteiger partial charge in [0, 0.05) is 18.4 Å². The number of hydrogen-bond acceptors (Lipinski definition) is 5. The number of fused-ring (bicyclic) bond motifs is 1. The highest BCUT2D eigenvalue weighted by Gasteiger charge is 2.04. The summed E-state index contributed by atoms with van der Waals surface area (Å²) >= 11 is 0. The van der Waals surface area contributed by atoms with Crippen molar-refractivity contribution in [2.24, 2.45) is 0 Å². The summed E-state index contributed by atoms with van der Waals surface area (Å²) in [5.41, 5.74) is 2.48. The van der Waals surface area contributed by atoms with Gasteiger partial charge in [0.1, 0.15) is 11.4 Å². The van der Waals surface area contributed by atoms with E-state index in [9.17, 15) is 8.42 Å². The molecule has 3 rings (SSSR count). The monoisotopic (exact) mass is 331 g/mol. The molecule has 23 heavy (non-hydrogen) atoms. The smallest absolute Gasteiger partial charge is 0.229 e. The second-order valence-corrected chi connectivity index (χ2v) is 6.99. The maximum atomic E-state index is 11.2. The van der Waals surface area contributed by atoms with Crippen LogP contribution >= 0.6 is 0 Å². The van der Waals surface area contributed by atoms with Crippen LogP contribution < -0.4 is 10.0 Å². The van der Waals surface area contributed by atoms with Crippen LogP contribution in [0.2, 0.25) is 0 Å². The first-order chi connectivity index (χ1) is 11.0. The number of sulfonamides is 1. The Labute approximate surface area is 134 Å². The molecule has 0 aliphatic heterocycles. The Bertz CT molecular complexity index is 902. The third-order valence-corrected chi connectivity index (χ3v) is 3.95. The Morgan fingerprint density at radius 1 is 1.13 bits per heavy atom. The summed E-state index contributed by atoms with van der Waals surface area (Å²) in [4.78, 5) is 4.32. The molecule has 0 aliphatic carbocycles. The number of rotatable bonds is 6. The Morgan fingerprint density at radius 3 is 2.65 bits per heavy atom. The summed E-state index contributed by atoms with van der Waals surface area (Å²) in [6, 6.07) is 11.0. The van der Waals surface area contributed by atoms with Crippen molar-refractivity contribution in [1.82, 2.24) is 4.98 Å². The van der Waals surface area contributed by atoms with Crippen LogP contribution in [0.25, 0.3) is 11.0 Å². The van der Waals surface area contributed by atoms with E-state index in [0.717, 1.165) is 41.6 Å². The molecule has 0 bridgehead atoms. The summed E-state index contributed by atoms with van der Waals surface area (Å²) in [5.74, 6) is 0.798. The molecule has 1 aromatic carbocycles. The van der Waals surface area contributed by atoms with E-state index in [1.54, 1.807) is 24.6 Å². The van der Waals surface area contributed by atoms with Crippen LogP contribution in [0.15, 0.2) is 53.3 Å². The van der Waals surface area contributed by atoms with Crippen molar-refractivity contribution in [3.8, 4) is 0 Å². The Morgan fingerprint density at radius 2 is 1.91 bits per heavy atom. The molecule has 120 valence electrons. The Hall–Kier alpha value is -2.54. The third kappa shape index (κ3) is 4.01. The Kier molecular flexibility index (Phi) is 4.20. The minimum atomic E-state index is -3.24. The van der Waals surface area contributed by atoms with Crippen LogP contribution in [-0.4, -0.2) is 26.2 Å². The van der Waals surface area contributed by atoms with Gasteiger partial charge >= 0.3 is 0 Å². The fourth-order valence-electron chi connectivity index (χ4n) is 2.31. The van der Waals surface area contributed by atoms with E-state index in [4.69, 9.17) is 4.42 Å². The lowest BCUT2D eigenvalue weighted by atomic mass is 10.1. The molecule has 0 saturated heterocycles. The molecule has 0 amide bonds. The number of nitrogens with one attached hydrogen (secondary N) is 2. The molecule has 0 spiro atoms. The summed E-state index contributed by atoms with van der Waals surface area (Å²) in [6.45, 7) is 0.718. The summed E-state index contributed by atoms with van der Waals surface area (Å²) < 4.78 is 30.1. The van der Waals surface area contributed by atoms with Gasteiger partial charge in [-0.15, -0.1) is 0 Å². The highest BCUT2D eigenvalue weighted by atomic mass is 32.2. The number of nitrogens with zero attached hydrogens (tertiary/aromatic N) is 1. The molecule has 0 saturated carbocycles. The highest BCUT2D eigenvalue weighted by molar-refractivity contribution is 7.92. The normalized spacial score (nSPS) is 11.5. The second-order valence-electron chi connectivity index (χ2n) is 5.24. The van der Waals surface area contributed by atoms with Crippen LogP contribution in [0.3, 0.4) is 0 Å². The third-order valence-electron chi connectivity index (χ3n) is 3.34. The number of benzene rings is 1. The van der Waals surface area contributed by atoms with Crippen molar-refractivity contribution in [2.45, 2.75) is 6.42 Å². The van der Waals surface area contributed by atoms with E-state index in [2.05, 4.69) is 15.0 Å². The standard InChI is InChI=1S/C16H17N3O3S/c1-23(20,21)19-13-4-2-12(3-5-13)6-9-17-16-14-8-11-22-15(14)7-10-18-16/h2-5,7-8,10-11,19H,6,9H2,1H3,(H,17,18). The minimum absolute atomic E-state index is 0.564. The fourth-order valence-corrected chi connectivity index (χ4v) is 2.88. The van der Waals surface area contributed by atoms with Gasteiger partial charge in [-0.2, -0.15) is 0 Å². The van der Waals surface area contributed by atoms with Crippen molar-refractivity contribution >= 4 is 32.5 Å². The van der Waals surface area contributed by atoms with E-state index in [1.165, 1.54) is 0 Å². The van der Waals surface area contributed by atoms with Crippen LogP contribution in [-0.2, 0) is 16.4 Å². The van der Waals surface area contributed by atoms with E-state index in [1.807, 2.05) is 24.3 Å². The van der Waals surface area contributed by atoms with E-state index in [-0.39, 0.29) is 0 Å². The van der Waals surface area contributed by atoms with Gasteiger partial charge < -0.3 is 9.73 Å². The first-order valence-electron chi connectivity index (χ1n) is 7.14. The van der Waals surface area contributed by atoms with Crippen molar-refractivity contribution in [3.05, 3.63) is 54.4 Å². The molecule has 6 nitrogen and oxygen atoms in total. The Balaban J connectivity index is 1.59. The van der Waals surface area contributed by atoms with Crippen molar-refractivity contribution in [2.75, 3.05) is 22.8 Å². The van der Waals surface area contributed by atoms with Gasteiger partial charge in [-0.25, -0.2) is 13.4 Å². The molecule has 0 aliphatic rings. The minimum Gasteiger partial charge on any atom is -0.464 e. The lowest BCUT2D eigenvalue weighted by Crippen LogP contribution is -2.09. The van der Waals surface area contributed by atoms with Gasteiger partial charge in [-0.3, -0.25) is 4.72 Å². The predicted molar refractivity (Wildman–Crippen MR) is 91.1 cm³/mol. The molecule has 7 heteroatoms. The highest BCUT2D eigenvalue weighted by Crippen LogP contribution is 2.21. The molecule has 0 atom stereocenters.